The molecule has 1 aliphatic carbocycles. The van der Waals surface area contributed by atoms with E-state index in [4.69, 9.17) is 0 Å². The third-order valence-electron chi connectivity index (χ3n) is 2.96. The van der Waals surface area contributed by atoms with Gasteiger partial charge in [-0.1, -0.05) is 18.2 Å². The second-order valence-electron chi connectivity index (χ2n) is 4.06. The molecule has 1 aromatic carbocycles. The molecule has 1 saturated carbocycles. The lowest BCUT2D eigenvalue weighted by molar-refractivity contribution is -0.143. The lowest BCUT2D eigenvalue weighted by Gasteiger charge is -2.12. The number of rotatable bonds is 2. The molecule has 0 aromatic heterocycles. The van der Waals surface area contributed by atoms with Gasteiger partial charge in [-0.05, 0) is 24.0 Å². The van der Waals surface area contributed by atoms with Crippen LogP contribution in [0.25, 0.3) is 0 Å². The van der Waals surface area contributed by atoms with Crippen molar-refractivity contribution in [3.8, 4) is 0 Å². The number of carbonyl (C=O) groups is 1. The molecule has 0 aliphatic heterocycles. The van der Waals surface area contributed by atoms with Gasteiger partial charge in [0.05, 0.1) is 18.6 Å². The topological polar surface area (TPSA) is 26.3 Å². The van der Waals surface area contributed by atoms with E-state index in [9.17, 15) is 18.0 Å². The Morgan fingerprint density at radius 2 is 2.00 bits per heavy atom. The number of esters is 1. The summed E-state index contributed by atoms with van der Waals surface area (Å²) < 4.78 is 42.7. The summed E-state index contributed by atoms with van der Waals surface area (Å²) in [5.74, 6) is -1.23. The van der Waals surface area contributed by atoms with Crippen LogP contribution in [0.4, 0.5) is 13.2 Å². The highest BCUT2D eigenvalue weighted by atomic mass is 19.4. The Morgan fingerprint density at radius 1 is 1.35 bits per heavy atom. The van der Waals surface area contributed by atoms with Gasteiger partial charge in [-0.25, -0.2) is 0 Å². The predicted molar refractivity (Wildman–Crippen MR) is 54.3 cm³/mol. The predicted octanol–water partition coefficient (Wildman–Crippen LogP) is 2.98. The first kappa shape index (κ1) is 12.0. The molecule has 1 aromatic rings. The maximum Gasteiger partial charge on any atom is 0.416 e. The maximum absolute atomic E-state index is 12.7. The molecule has 1 fully saturated rings. The highest BCUT2D eigenvalue weighted by Crippen LogP contribution is 2.51. The van der Waals surface area contributed by atoms with Crippen molar-refractivity contribution in [2.75, 3.05) is 7.11 Å². The Kier molecular flexibility index (Phi) is 2.85. The Balaban J connectivity index is 2.27. The molecule has 17 heavy (non-hydrogen) atoms. The summed E-state index contributed by atoms with van der Waals surface area (Å²) in [4.78, 5) is 11.2. The summed E-state index contributed by atoms with van der Waals surface area (Å²) in [5, 5.41) is 0. The Hall–Kier alpha value is -1.52. The van der Waals surface area contributed by atoms with Crippen molar-refractivity contribution in [1.29, 1.82) is 0 Å². The zero-order valence-electron chi connectivity index (χ0n) is 9.12. The number of benzene rings is 1. The van der Waals surface area contributed by atoms with Gasteiger partial charge in [0.1, 0.15) is 0 Å². The first-order chi connectivity index (χ1) is 7.95. The molecular weight excluding hydrogens is 233 g/mol. The molecule has 2 atom stereocenters. The van der Waals surface area contributed by atoms with E-state index >= 15 is 0 Å². The lowest BCUT2D eigenvalue weighted by atomic mass is 10.0. The van der Waals surface area contributed by atoms with E-state index in [0.717, 1.165) is 6.07 Å². The number of halogens is 3. The Bertz CT molecular complexity index is 440. The molecule has 0 spiro atoms. The van der Waals surface area contributed by atoms with Gasteiger partial charge in [0.2, 0.25) is 0 Å². The summed E-state index contributed by atoms with van der Waals surface area (Å²) in [7, 11) is 1.24. The SMILES string of the molecule is COC(=O)C1CC1c1ccccc1C(F)(F)F. The van der Waals surface area contributed by atoms with Crippen LogP contribution in [0, 0.1) is 5.92 Å². The Labute approximate surface area is 96.4 Å². The minimum atomic E-state index is -4.38. The molecule has 1 aliphatic rings. The molecule has 5 heteroatoms. The fraction of sp³-hybridized carbons (Fsp3) is 0.417. The van der Waals surface area contributed by atoms with E-state index in [1.165, 1.54) is 19.2 Å². The van der Waals surface area contributed by atoms with E-state index in [2.05, 4.69) is 4.74 Å². The molecule has 2 rings (SSSR count). The van der Waals surface area contributed by atoms with Crippen LogP contribution in [0.5, 0.6) is 0 Å². The minimum absolute atomic E-state index is 0.190. The molecule has 0 N–H and O–H groups in total. The van der Waals surface area contributed by atoms with Gasteiger partial charge in [-0.3, -0.25) is 4.79 Å². The number of methoxy groups -OCH3 is 1. The largest absolute Gasteiger partial charge is 0.469 e. The second kappa shape index (κ2) is 4.05. The molecule has 0 amide bonds. The van der Waals surface area contributed by atoms with Crippen molar-refractivity contribution in [2.24, 2.45) is 5.92 Å². The molecule has 0 bridgehead atoms. The summed E-state index contributed by atoms with van der Waals surface area (Å²) in [5.41, 5.74) is -0.466. The van der Waals surface area contributed by atoms with Crippen molar-refractivity contribution in [3.63, 3.8) is 0 Å². The smallest absolute Gasteiger partial charge is 0.416 e. The first-order valence-corrected chi connectivity index (χ1v) is 5.19. The number of hydrogen-bond donors (Lipinski definition) is 0. The number of carbonyl (C=O) groups excluding carboxylic acids is 1. The third kappa shape index (κ3) is 2.28. The van der Waals surface area contributed by atoms with E-state index < -0.39 is 23.6 Å². The first-order valence-electron chi connectivity index (χ1n) is 5.19. The van der Waals surface area contributed by atoms with Crippen molar-refractivity contribution in [1.82, 2.24) is 0 Å². The van der Waals surface area contributed by atoms with Crippen LogP contribution in [0.15, 0.2) is 24.3 Å². The van der Waals surface area contributed by atoms with Gasteiger partial charge in [0, 0.05) is 0 Å². The lowest BCUT2D eigenvalue weighted by Crippen LogP contribution is -2.10. The van der Waals surface area contributed by atoms with E-state index in [1.54, 1.807) is 6.07 Å². The van der Waals surface area contributed by atoms with Crippen molar-refractivity contribution < 1.29 is 22.7 Å². The van der Waals surface area contributed by atoms with E-state index in [-0.39, 0.29) is 11.5 Å². The molecule has 2 unspecified atom stereocenters. The molecule has 2 nitrogen and oxygen atoms in total. The molecule has 92 valence electrons. The standard InChI is InChI=1S/C12H11F3O2/c1-17-11(16)9-6-8(9)7-4-2-3-5-10(7)12(13,14)15/h2-5,8-9H,6H2,1H3. The summed E-state index contributed by atoms with van der Waals surface area (Å²) in [6, 6.07) is 5.37. The number of alkyl halides is 3. The van der Waals surface area contributed by atoms with Crippen molar-refractivity contribution in [2.45, 2.75) is 18.5 Å². The fourth-order valence-electron chi connectivity index (χ4n) is 2.03. The van der Waals surface area contributed by atoms with Crippen LogP contribution in [-0.4, -0.2) is 13.1 Å². The summed E-state index contributed by atoms with van der Waals surface area (Å²) in [6.45, 7) is 0. The van der Waals surface area contributed by atoms with Gasteiger partial charge >= 0.3 is 12.1 Å². The molecule has 0 radical (unpaired) electrons. The van der Waals surface area contributed by atoms with Crippen molar-refractivity contribution in [3.05, 3.63) is 35.4 Å². The van der Waals surface area contributed by atoms with Gasteiger partial charge < -0.3 is 4.74 Å². The van der Waals surface area contributed by atoms with Gasteiger partial charge in [0.25, 0.3) is 0 Å². The zero-order valence-corrected chi connectivity index (χ0v) is 9.12. The van der Waals surface area contributed by atoms with Crippen LogP contribution in [0.2, 0.25) is 0 Å². The van der Waals surface area contributed by atoms with Gasteiger partial charge in [0.15, 0.2) is 0 Å². The molecule has 0 saturated heterocycles. The monoisotopic (exact) mass is 244 g/mol. The van der Waals surface area contributed by atoms with Gasteiger partial charge in [-0.15, -0.1) is 0 Å². The van der Waals surface area contributed by atoms with Crippen LogP contribution in [-0.2, 0) is 15.7 Å². The van der Waals surface area contributed by atoms with E-state index in [0.29, 0.717) is 6.42 Å². The summed E-state index contributed by atoms with van der Waals surface area (Å²) >= 11 is 0. The number of hydrogen-bond acceptors (Lipinski definition) is 2. The van der Waals surface area contributed by atoms with Crippen LogP contribution >= 0.6 is 0 Å². The zero-order chi connectivity index (χ0) is 12.6. The van der Waals surface area contributed by atoms with Crippen molar-refractivity contribution >= 4 is 5.97 Å². The minimum Gasteiger partial charge on any atom is -0.469 e. The normalized spacial score (nSPS) is 23.3. The van der Waals surface area contributed by atoms with Crippen LogP contribution in [0.3, 0.4) is 0 Å². The second-order valence-corrected chi connectivity index (χ2v) is 4.06. The van der Waals surface area contributed by atoms with Crippen LogP contribution in [0.1, 0.15) is 23.5 Å². The third-order valence-corrected chi connectivity index (χ3v) is 2.96. The van der Waals surface area contributed by atoms with Gasteiger partial charge in [-0.2, -0.15) is 13.2 Å². The molecule has 0 heterocycles. The average molecular weight is 244 g/mol. The van der Waals surface area contributed by atoms with Crippen LogP contribution < -0.4 is 0 Å². The highest BCUT2D eigenvalue weighted by molar-refractivity contribution is 5.77. The maximum atomic E-state index is 12.7. The highest BCUT2D eigenvalue weighted by Gasteiger charge is 2.48. The Morgan fingerprint density at radius 3 is 2.59 bits per heavy atom. The number of ether oxygens (including phenoxy) is 1. The fourth-order valence-corrected chi connectivity index (χ4v) is 2.03. The summed E-state index contributed by atoms with van der Waals surface area (Å²) in [6.07, 6.45) is -3.94. The quantitative estimate of drug-likeness (QED) is 0.747. The van der Waals surface area contributed by atoms with E-state index in [1.807, 2.05) is 0 Å². The molecular formula is C12H11F3O2. The average Bonchev–Trinajstić information content (AvgIpc) is 3.07.